The maximum Gasteiger partial charge on any atom is 0.326 e. The van der Waals surface area contributed by atoms with Gasteiger partial charge in [0.25, 0.3) is 0 Å². The maximum atomic E-state index is 13.4. The lowest BCUT2D eigenvalue weighted by Gasteiger charge is -2.39. The molecule has 9 nitrogen and oxygen atoms in total. The van der Waals surface area contributed by atoms with E-state index in [1.165, 1.54) is 4.90 Å². The summed E-state index contributed by atoms with van der Waals surface area (Å²) < 4.78 is 0. The van der Waals surface area contributed by atoms with Crippen molar-refractivity contribution in [1.82, 2.24) is 10.6 Å². The fraction of sp³-hybridized carbons (Fsp3) is 0.565. The number of hydrogen-bond donors (Lipinski definition) is 4. The van der Waals surface area contributed by atoms with Crippen molar-refractivity contribution >= 4 is 35.2 Å². The Morgan fingerprint density at radius 3 is 2.22 bits per heavy atom. The summed E-state index contributed by atoms with van der Waals surface area (Å²) in [4.78, 5) is 52.0. The first kappa shape index (κ1) is 25.2. The highest BCUT2D eigenvalue weighted by atomic mass is 16.4. The van der Waals surface area contributed by atoms with Gasteiger partial charge in [-0.3, -0.25) is 14.5 Å². The second-order valence-corrected chi connectivity index (χ2v) is 9.27. The molecular formula is C23H34N4O5. The van der Waals surface area contributed by atoms with E-state index >= 15 is 0 Å². The molecule has 0 spiro atoms. The lowest BCUT2D eigenvalue weighted by atomic mass is 9.97. The van der Waals surface area contributed by atoms with E-state index in [1.807, 2.05) is 27.7 Å². The third-order valence-electron chi connectivity index (χ3n) is 5.37. The first-order valence-electron chi connectivity index (χ1n) is 11.0. The van der Waals surface area contributed by atoms with Crippen LogP contribution in [0.25, 0.3) is 0 Å². The number of nitrogens with one attached hydrogen (secondary N) is 3. The van der Waals surface area contributed by atoms with Crippen LogP contribution in [0, 0.1) is 17.8 Å². The Bertz CT molecular complexity index is 868. The smallest absolute Gasteiger partial charge is 0.326 e. The Labute approximate surface area is 188 Å². The highest BCUT2D eigenvalue weighted by molar-refractivity contribution is 6.12. The average molecular weight is 447 g/mol. The highest BCUT2D eigenvalue weighted by Crippen LogP contribution is 2.34. The molecule has 1 aromatic rings. The van der Waals surface area contributed by atoms with Crippen molar-refractivity contribution < 1.29 is 24.3 Å². The summed E-state index contributed by atoms with van der Waals surface area (Å²) in [5.74, 6) is -2.41. The highest BCUT2D eigenvalue weighted by Gasteiger charge is 2.40. The molecule has 2 rings (SSSR count). The largest absolute Gasteiger partial charge is 0.480 e. The summed E-state index contributed by atoms with van der Waals surface area (Å²) in [6, 6.07) is 3.60. The van der Waals surface area contributed by atoms with E-state index in [2.05, 4.69) is 16.0 Å². The molecule has 1 aliphatic rings. The van der Waals surface area contributed by atoms with Gasteiger partial charge in [0, 0.05) is 0 Å². The van der Waals surface area contributed by atoms with E-state index in [4.69, 9.17) is 0 Å². The number of anilines is 2. The number of hydrogen-bond acceptors (Lipinski definition) is 4. The van der Waals surface area contributed by atoms with Gasteiger partial charge in [0.2, 0.25) is 11.8 Å². The van der Waals surface area contributed by atoms with Crippen molar-refractivity contribution in [3.05, 3.63) is 24.3 Å². The second-order valence-electron chi connectivity index (χ2n) is 9.27. The average Bonchev–Trinajstić information content (AvgIpc) is 2.69. The quantitative estimate of drug-likeness (QED) is 0.488. The van der Waals surface area contributed by atoms with E-state index < -0.39 is 36.0 Å². The van der Waals surface area contributed by atoms with Crippen LogP contribution in [0.2, 0.25) is 0 Å². The van der Waals surface area contributed by atoms with Gasteiger partial charge in [0.1, 0.15) is 18.1 Å². The van der Waals surface area contributed by atoms with E-state index in [1.54, 1.807) is 38.1 Å². The Morgan fingerprint density at radius 2 is 1.69 bits per heavy atom. The Balaban J connectivity index is 2.30. The van der Waals surface area contributed by atoms with Crippen LogP contribution in [0.5, 0.6) is 0 Å². The lowest BCUT2D eigenvalue weighted by Crippen LogP contribution is -2.61. The number of amides is 4. The van der Waals surface area contributed by atoms with Crippen LogP contribution in [-0.4, -0.2) is 47.0 Å². The number of carbonyl (C=O) groups is 4. The number of aliphatic carboxylic acids is 1. The fourth-order valence-corrected chi connectivity index (χ4v) is 3.79. The van der Waals surface area contributed by atoms with Gasteiger partial charge >= 0.3 is 12.0 Å². The SMILES string of the molecule is CC(C)C[C@H](NC(=O)[C@@H](NC(=O)N1c2ccccc2NC(=O)[C@H]1C(C)C)C(C)C)C(=O)O. The third kappa shape index (κ3) is 5.77. The van der Waals surface area contributed by atoms with Crippen LogP contribution in [-0.2, 0) is 14.4 Å². The number of urea groups is 1. The summed E-state index contributed by atoms with van der Waals surface area (Å²) in [5.41, 5.74) is 1.05. The van der Waals surface area contributed by atoms with Crippen LogP contribution in [0.1, 0.15) is 48.0 Å². The van der Waals surface area contributed by atoms with E-state index in [9.17, 15) is 24.3 Å². The number of rotatable bonds is 8. The first-order chi connectivity index (χ1) is 14.9. The van der Waals surface area contributed by atoms with E-state index in [0.29, 0.717) is 11.4 Å². The molecule has 0 saturated heterocycles. The third-order valence-corrected chi connectivity index (χ3v) is 5.37. The molecule has 4 amide bonds. The normalized spacial score (nSPS) is 17.6. The molecule has 0 radical (unpaired) electrons. The molecule has 3 atom stereocenters. The van der Waals surface area contributed by atoms with Gasteiger partial charge < -0.3 is 21.1 Å². The monoisotopic (exact) mass is 446 g/mol. The van der Waals surface area contributed by atoms with Gasteiger partial charge in [-0.05, 0) is 36.3 Å². The van der Waals surface area contributed by atoms with E-state index in [-0.39, 0.29) is 30.1 Å². The number of carboxylic acids is 1. The van der Waals surface area contributed by atoms with Crippen molar-refractivity contribution in [2.75, 3.05) is 10.2 Å². The van der Waals surface area contributed by atoms with Gasteiger partial charge in [-0.1, -0.05) is 53.7 Å². The minimum atomic E-state index is -1.12. The van der Waals surface area contributed by atoms with Crippen molar-refractivity contribution in [3.63, 3.8) is 0 Å². The summed E-state index contributed by atoms with van der Waals surface area (Å²) in [6.45, 7) is 10.9. The Hall–Kier alpha value is -3.10. The zero-order valence-corrected chi connectivity index (χ0v) is 19.5. The molecule has 0 fully saturated rings. The molecule has 9 heteroatoms. The number of nitrogens with zero attached hydrogens (tertiary/aromatic N) is 1. The molecule has 0 saturated carbocycles. The number of fused-ring (bicyclic) bond motifs is 1. The maximum absolute atomic E-state index is 13.4. The lowest BCUT2D eigenvalue weighted by molar-refractivity contribution is -0.142. The molecule has 32 heavy (non-hydrogen) atoms. The standard InChI is InChI=1S/C23H34N4O5/c1-12(2)11-16(22(30)31)25-20(28)18(13(3)4)26-23(32)27-17-10-8-7-9-15(17)24-21(29)19(27)14(5)6/h7-10,12-14,16,18-19H,11H2,1-6H3,(H,24,29)(H,25,28)(H,26,32)(H,30,31)/t16-,18-,19+/m0/s1. The molecule has 4 N–H and O–H groups in total. The first-order valence-corrected chi connectivity index (χ1v) is 11.0. The summed E-state index contributed by atoms with van der Waals surface area (Å²) >= 11 is 0. The van der Waals surface area contributed by atoms with Gasteiger partial charge in [0.05, 0.1) is 11.4 Å². The van der Waals surface area contributed by atoms with Gasteiger partial charge in [-0.15, -0.1) is 0 Å². The molecular weight excluding hydrogens is 412 g/mol. The number of carbonyl (C=O) groups excluding carboxylic acids is 3. The van der Waals surface area contributed by atoms with Gasteiger partial charge in [-0.2, -0.15) is 0 Å². The zero-order chi connectivity index (χ0) is 24.2. The fourth-order valence-electron chi connectivity index (χ4n) is 3.79. The van der Waals surface area contributed by atoms with Crippen LogP contribution < -0.4 is 20.9 Å². The van der Waals surface area contributed by atoms with Crippen LogP contribution in [0.15, 0.2) is 24.3 Å². The van der Waals surface area contributed by atoms with E-state index in [0.717, 1.165) is 0 Å². The molecule has 176 valence electrons. The minimum Gasteiger partial charge on any atom is -0.480 e. The minimum absolute atomic E-state index is 0.0682. The van der Waals surface area contributed by atoms with Gasteiger partial charge in [-0.25, -0.2) is 9.59 Å². The number of benzene rings is 1. The van der Waals surface area contributed by atoms with Gasteiger partial charge in [0.15, 0.2) is 0 Å². The predicted octanol–water partition coefficient (Wildman–Crippen LogP) is 2.82. The Morgan fingerprint density at radius 1 is 1.06 bits per heavy atom. The van der Waals surface area contributed by atoms with Crippen LogP contribution in [0.3, 0.4) is 0 Å². The molecule has 0 bridgehead atoms. The molecule has 0 aromatic heterocycles. The van der Waals surface area contributed by atoms with Crippen molar-refractivity contribution in [1.29, 1.82) is 0 Å². The van der Waals surface area contributed by atoms with Crippen molar-refractivity contribution in [2.24, 2.45) is 17.8 Å². The summed E-state index contributed by atoms with van der Waals surface area (Å²) in [7, 11) is 0. The molecule has 0 unspecified atom stereocenters. The van der Waals surface area contributed by atoms with Crippen molar-refractivity contribution in [2.45, 2.75) is 66.1 Å². The van der Waals surface area contributed by atoms with Crippen LogP contribution in [0.4, 0.5) is 16.2 Å². The molecule has 1 aliphatic heterocycles. The second kappa shape index (κ2) is 10.5. The Kier molecular flexibility index (Phi) is 8.24. The zero-order valence-electron chi connectivity index (χ0n) is 19.5. The predicted molar refractivity (Wildman–Crippen MR) is 122 cm³/mol. The molecule has 1 aromatic carbocycles. The van der Waals surface area contributed by atoms with Crippen LogP contribution >= 0.6 is 0 Å². The summed E-state index contributed by atoms with van der Waals surface area (Å²) in [5, 5.41) is 17.6. The topological polar surface area (TPSA) is 128 Å². The van der Waals surface area contributed by atoms with Crippen molar-refractivity contribution in [3.8, 4) is 0 Å². The number of para-hydroxylation sites is 2. The number of carboxylic acid groups (broad SMARTS) is 1. The molecule has 1 heterocycles. The molecule has 0 aliphatic carbocycles. The summed E-state index contributed by atoms with van der Waals surface area (Å²) in [6.07, 6.45) is 0.273.